The van der Waals surface area contributed by atoms with Crippen LogP contribution < -0.4 is 0 Å². The van der Waals surface area contributed by atoms with Crippen LogP contribution in [0, 0.1) is 16.7 Å². The predicted molar refractivity (Wildman–Crippen MR) is 225 cm³/mol. The van der Waals surface area contributed by atoms with Crippen molar-refractivity contribution in [3.8, 4) is 0 Å². The molecule has 0 radical (unpaired) electrons. The van der Waals surface area contributed by atoms with E-state index < -0.39 is 54.4 Å². The van der Waals surface area contributed by atoms with Crippen LogP contribution >= 0.6 is 0 Å². The second-order valence-corrected chi connectivity index (χ2v) is 52.7. The standard InChI is InChI=1S/C16H30O4.C11H28O2Si3.C8H24OSi3/c1-8-16(5,14(18)20-7)11-12(13(17)19-6)9-10-15(2,3)4;1-11(2)10-15(6,7)13-16(8,9)12-14(3,4)5;1-10(2,3)9-12(7,8)11(4,5)6/h12H,8-11H2,1-7H3;1,10H2,2-9H3;1-8H3. The van der Waals surface area contributed by atoms with Crippen LogP contribution in [0.15, 0.2) is 12.2 Å². The molecule has 0 aliphatic rings. The molecule has 288 valence electrons. The van der Waals surface area contributed by atoms with Gasteiger partial charge < -0.3 is 21.8 Å². The zero-order chi connectivity index (χ0) is 39.4. The van der Waals surface area contributed by atoms with Crippen LogP contribution in [-0.4, -0.2) is 75.1 Å². The van der Waals surface area contributed by atoms with E-state index in [0.29, 0.717) is 12.8 Å². The Morgan fingerprint density at radius 2 is 1.15 bits per heavy atom. The van der Waals surface area contributed by atoms with Crippen molar-refractivity contribution in [1.29, 1.82) is 0 Å². The van der Waals surface area contributed by atoms with E-state index in [2.05, 4.69) is 132 Å². The van der Waals surface area contributed by atoms with Gasteiger partial charge in [-0.3, -0.25) is 9.59 Å². The zero-order valence-electron chi connectivity index (χ0n) is 36.2. The number of allylic oxidation sites excluding steroid dienone is 1. The third kappa shape index (κ3) is 25.8. The van der Waals surface area contributed by atoms with Gasteiger partial charge in [-0.15, -0.1) is 6.58 Å². The molecule has 7 nitrogen and oxygen atoms in total. The second kappa shape index (κ2) is 20.2. The molecule has 0 amide bonds. The summed E-state index contributed by atoms with van der Waals surface area (Å²) in [7, 11) is -6.00. The lowest BCUT2D eigenvalue weighted by Gasteiger charge is -2.40. The Balaban J connectivity index is -0.000000654. The Morgan fingerprint density at radius 3 is 1.42 bits per heavy atom. The molecule has 0 fully saturated rings. The molecule has 0 saturated carbocycles. The maximum atomic E-state index is 12.0. The van der Waals surface area contributed by atoms with Gasteiger partial charge in [0.15, 0.2) is 32.8 Å². The summed E-state index contributed by atoms with van der Waals surface area (Å²) >= 11 is 0. The first-order valence-electron chi connectivity index (χ1n) is 17.8. The summed E-state index contributed by atoms with van der Waals surface area (Å²) in [6, 6.07) is 1.03. The van der Waals surface area contributed by atoms with Gasteiger partial charge in [-0.1, -0.05) is 52.9 Å². The van der Waals surface area contributed by atoms with E-state index in [1.807, 2.05) is 13.8 Å². The van der Waals surface area contributed by atoms with Gasteiger partial charge in [0.2, 0.25) is 0 Å². The summed E-state index contributed by atoms with van der Waals surface area (Å²) in [5.74, 6) is -0.759. The number of esters is 2. The van der Waals surface area contributed by atoms with E-state index in [1.54, 1.807) is 0 Å². The SMILES string of the molecule is C=C(C)C[Si](C)(C)O[Si](C)(C)O[Si](C)(C)C.CCC(C)(CC(CCC(C)(C)C)C(=O)OC)C(=O)OC.C[Si](C)(C)O[Si](C)(C)[Si](C)(C)C. The van der Waals surface area contributed by atoms with Gasteiger partial charge in [0, 0.05) is 0 Å². The second-order valence-electron chi connectivity index (χ2n) is 19.5. The lowest BCUT2D eigenvalue weighted by molar-refractivity contribution is -0.156. The molecule has 0 aliphatic heterocycles. The molecule has 0 spiro atoms. The van der Waals surface area contributed by atoms with Gasteiger partial charge in [-0.25, -0.2) is 0 Å². The van der Waals surface area contributed by atoms with Crippen LogP contribution in [0.1, 0.15) is 67.2 Å². The van der Waals surface area contributed by atoms with Crippen molar-refractivity contribution in [2.24, 2.45) is 16.7 Å². The first-order valence-corrected chi connectivity index (χ1v) is 37.9. The Bertz CT molecular complexity index is 987. The molecule has 0 N–H and O–H groups in total. The molecule has 0 aromatic carbocycles. The quantitative estimate of drug-likeness (QED) is 0.0876. The van der Waals surface area contributed by atoms with Crippen molar-refractivity contribution < 1.29 is 31.4 Å². The van der Waals surface area contributed by atoms with Crippen LogP contribution in [0.4, 0.5) is 0 Å². The van der Waals surface area contributed by atoms with E-state index in [0.717, 1.165) is 18.9 Å². The molecular formula is C35H82O7Si6. The molecule has 48 heavy (non-hydrogen) atoms. The van der Waals surface area contributed by atoms with Gasteiger partial charge in [0.1, 0.15) is 0 Å². The summed E-state index contributed by atoms with van der Waals surface area (Å²) in [5.41, 5.74) is 0.737. The molecule has 0 aliphatic carbocycles. The van der Waals surface area contributed by atoms with Gasteiger partial charge in [0.25, 0.3) is 0 Å². The number of hydrogen-bond acceptors (Lipinski definition) is 7. The topological polar surface area (TPSA) is 80.3 Å². The molecule has 2 atom stereocenters. The molecule has 0 saturated heterocycles. The Labute approximate surface area is 305 Å². The maximum absolute atomic E-state index is 12.0. The lowest BCUT2D eigenvalue weighted by atomic mass is 9.75. The van der Waals surface area contributed by atoms with Crippen LogP contribution in [-0.2, 0) is 31.4 Å². The largest absolute Gasteiger partial charge is 0.469 e. The highest BCUT2D eigenvalue weighted by Crippen LogP contribution is 2.35. The van der Waals surface area contributed by atoms with Crippen LogP contribution in [0.25, 0.3) is 0 Å². The van der Waals surface area contributed by atoms with Crippen molar-refractivity contribution in [3.63, 3.8) is 0 Å². The monoisotopic (exact) mass is 782 g/mol. The fourth-order valence-corrected chi connectivity index (χ4v) is 31.7. The number of rotatable bonds is 16. The molecule has 2 unspecified atom stereocenters. The number of carbonyl (C=O) groups is 2. The highest BCUT2D eigenvalue weighted by atomic mass is 29.3. The molecule has 0 aromatic rings. The van der Waals surface area contributed by atoms with Crippen molar-refractivity contribution >= 4 is 60.9 Å². The Morgan fingerprint density at radius 1 is 0.708 bits per heavy atom. The first-order chi connectivity index (χ1) is 20.9. The molecule has 0 aromatic heterocycles. The highest BCUT2D eigenvalue weighted by molar-refractivity contribution is 7.38. The summed E-state index contributed by atoms with van der Waals surface area (Å²) in [6.45, 7) is 50.7. The van der Waals surface area contributed by atoms with Crippen molar-refractivity contribution in [1.82, 2.24) is 0 Å². The predicted octanol–water partition coefficient (Wildman–Crippen LogP) is 11.4. The number of ether oxygens (including phenoxy) is 2. The molecule has 0 rings (SSSR count). The van der Waals surface area contributed by atoms with Gasteiger partial charge in [-0.2, -0.15) is 0 Å². The molecule has 0 heterocycles. The van der Waals surface area contributed by atoms with Crippen LogP contribution in [0.2, 0.25) is 104 Å². The number of methoxy groups -OCH3 is 2. The molecule has 13 heteroatoms. The summed E-state index contributed by atoms with van der Waals surface area (Å²) < 4.78 is 28.6. The summed E-state index contributed by atoms with van der Waals surface area (Å²) in [5, 5.41) is 0. The third-order valence-electron chi connectivity index (χ3n) is 8.10. The van der Waals surface area contributed by atoms with Crippen molar-refractivity contribution in [2.75, 3.05) is 14.2 Å². The maximum Gasteiger partial charge on any atom is 0.311 e. The average molecular weight is 784 g/mol. The Kier molecular flexibility index (Phi) is 22.0. The first kappa shape index (κ1) is 52.2. The fraction of sp³-hybridized carbons (Fsp3) is 0.886. The highest BCUT2D eigenvalue weighted by Gasteiger charge is 2.42. The Hall–Kier alpha value is -0.139. The normalized spacial score (nSPS) is 15.1. The number of hydrogen-bond donors (Lipinski definition) is 0. The average Bonchev–Trinajstić information content (AvgIpc) is 2.80. The van der Waals surface area contributed by atoms with Crippen molar-refractivity contribution in [2.45, 2.75) is 171 Å². The fourth-order valence-electron chi connectivity index (χ4n) is 5.34. The minimum Gasteiger partial charge on any atom is -0.469 e. The number of carbonyl (C=O) groups excluding carboxylic acids is 2. The van der Waals surface area contributed by atoms with E-state index in [9.17, 15) is 9.59 Å². The van der Waals surface area contributed by atoms with Crippen LogP contribution in [0.3, 0.4) is 0 Å². The molecule has 0 bridgehead atoms. The van der Waals surface area contributed by atoms with Crippen LogP contribution in [0.5, 0.6) is 0 Å². The molecular weight excluding hydrogens is 701 g/mol. The summed E-state index contributed by atoms with van der Waals surface area (Å²) in [6.07, 6.45) is 2.75. The van der Waals surface area contributed by atoms with E-state index in [-0.39, 0.29) is 23.3 Å². The minimum atomic E-state index is -1.96. The van der Waals surface area contributed by atoms with E-state index >= 15 is 0 Å². The van der Waals surface area contributed by atoms with Gasteiger partial charge >= 0.3 is 20.5 Å². The van der Waals surface area contributed by atoms with Crippen molar-refractivity contribution in [3.05, 3.63) is 12.2 Å². The lowest BCUT2D eigenvalue weighted by Crippen LogP contribution is -2.59. The smallest absolute Gasteiger partial charge is 0.311 e. The van der Waals surface area contributed by atoms with Gasteiger partial charge in [0.05, 0.1) is 33.1 Å². The van der Waals surface area contributed by atoms with E-state index in [4.69, 9.17) is 21.8 Å². The minimum absolute atomic E-state index is 0.153. The third-order valence-corrected chi connectivity index (χ3v) is 38.0. The zero-order valence-corrected chi connectivity index (χ0v) is 42.2. The van der Waals surface area contributed by atoms with E-state index in [1.165, 1.54) is 19.8 Å². The van der Waals surface area contributed by atoms with Gasteiger partial charge in [-0.05, 0) is 130 Å². The summed E-state index contributed by atoms with van der Waals surface area (Å²) in [4.78, 5) is 23.9.